The second-order valence-electron chi connectivity index (χ2n) is 8.48. The minimum absolute atomic E-state index is 0.0777. The minimum Gasteiger partial charge on any atom is -0.461 e. The van der Waals surface area contributed by atoms with Crippen LogP contribution < -0.4 is 4.90 Å². The molecule has 1 saturated heterocycles. The van der Waals surface area contributed by atoms with E-state index in [9.17, 15) is 14.0 Å². The number of esters is 1. The molecule has 178 valence electrons. The van der Waals surface area contributed by atoms with Crippen molar-refractivity contribution in [1.29, 1.82) is 0 Å². The number of aromatic nitrogens is 1. The van der Waals surface area contributed by atoms with Crippen molar-refractivity contribution in [3.05, 3.63) is 88.5 Å². The summed E-state index contributed by atoms with van der Waals surface area (Å²) in [6.07, 6.45) is 0. The van der Waals surface area contributed by atoms with Gasteiger partial charge in [0, 0.05) is 44.1 Å². The highest BCUT2D eigenvalue weighted by Gasteiger charge is 2.31. The predicted octanol–water partition coefficient (Wildman–Crippen LogP) is 4.43. The zero-order valence-electron chi connectivity index (χ0n) is 19.9. The molecule has 1 fully saturated rings. The summed E-state index contributed by atoms with van der Waals surface area (Å²) < 4.78 is 20.5. The second kappa shape index (κ2) is 10.1. The Kier molecular flexibility index (Phi) is 7.01. The van der Waals surface area contributed by atoms with E-state index in [1.165, 1.54) is 12.1 Å². The van der Waals surface area contributed by atoms with E-state index in [1.807, 2.05) is 53.6 Å². The van der Waals surface area contributed by atoms with Crippen molar-refractivity contribution in [2.24, 2.45) is 0 Å². The average Bonchev–Trinajstić information content (AvgIpc) is 3.09. The predicted molar refractivity (Wildman–Crippen MR) is 130 cm³/mol. The molecule has 0 spiro atoms. The van der Waals surface area contributed by atoms with Crippen molar-refractivity contribution in [1.82, 2.24) is 9.47 Å². The third-order valence-corrected chi connectivity index (χ3v) is 6.39. The summed E-state index contributed by atoms with van der Waals surface area (Å²) in [6.45, 7) is 8.65. The van der Waals surface area contributed by atoms with Gasteiger partial charge in [-0.1, -0.05) is 30.3 Å². The highest BCUT2D eigenvalue weighted by Crippen LogP contribution is 2.27. The van der Waals surface area contributed by atoms with Gasteiger partial charge in [-0.15, -0.1) is 0 Å². The lowest BCUT2D eigenvalue weighted by Crippen LogP contribution is -2.49. The van der Waals surface area contributed by atoms with Crippen molar-refractivity contribution >= 4 is 17.6 Å². The third-order valence-electron chi connectivity index (χ3n) is 6.39. The monoisotopic (exact) mass is 463 g/mol. The molecule has 6 nitrogen and oxygen atoms in total. The maximum absolute atomic E-state index is 13.6. The summed E-state index contributed by atoms with van der Waals surface area (Å²) in [7, 11) is 0. The van der Waals surface area contributed by atoms with Gasteiger partial charge in [-0.25, -0.2) is 9.18 Å². The van der Waals surface area contributed by atoms with Crippen LogP contribution in [0.15, 0.2) is 54.6 Å². The van der Waals surface area contributed by atoms with Gasteiger partial charge in [-0.05, 0) is 56.2 Å². The Labute approximate surface area is 199 Å². The van der Waals surface area contributed by atoms with Crippen molar-refractivity contribution in [2.45, 2.75) is 27.3 Å². The molecule has 0 bridgehead atoms. The highest BCUT2D eigenvalue weighted by atomic mass is 19.1. The molecule has 4 rings (SSSR count). The molecule has 0 aliphatic carbocycles. The topological polar surface area (TPSA) is 54.8 Å². The number of anilines is 1. The lowest BCUT2D eigenvalue weighted by atomic mass is 10.1. The molecule has 7 heteroatoms. The Morgan fingerprint density at radius 2 is 1.59 bits per heavy atom. The largest absolute Gasteiger partial charge is 0.461 e. The van der Waals surface area contributed by atoms with Crippen LogP contribution in [0.25, 0.3) is 0 Å². The number of carbonyl (C=O) groups is 2. The van der Waals surface area contributed by atoms with Gasteiger partial charge in [-0.2, -0.15) is 0 Å². The second-order valence-corrected chi connectivity index (χ2v) is 8.48. The minimum atomic E-state index is -0.417. The lowest BCUT2D eigenvalue weighted by molar-refractivity contribution is 0.0513. The van der Waals surface area contributed by atoms with E-state index in [1.54, 1.807) is 19.1 Å². The Hall–Kier alpha value is -3.61. The average molecular weight is 464 g/mol. The molecular weight excluding hydrogens is 433 g/mol. The zero-order chi connectivity index (χ0) is 24.2. The Balaban J connectivity index is 1.59. The first-order valence-electron chi connectivity index (χ1n) is 11.6. The summed E-state index contributed by atoms with van der Waals surface area (Å²) in [5.74, 6) is -0.758. The first-order chi connectivity index (χ1) is 16.4. The van der Waals surface area contributed by atoms with E-state index in [-0.39, 0.29) is 18.3 Å². The summed E-state index contributed by atoms with van der Waals surface area (Å²) in [4.78, 5) is 30.5. The smallest absolute Gasteiger partial charge is 0.355 e. The summed E-state index contributed by atoms with van der Waals surface area (Å²) in [5.41, 5.74) is 4.39. The Morgan fingerprint density at radius 3 is 2.21 bits per heavy atom. The fourth-order valence-electron chi connectivity index (χ4n) is 4.61. The standard InChI is InChI=1S/C27H30FN3O3/c1-4-34-27(33)25-19(2)24(20(3)31(25)18-21-8-6-5-7-9-21)26(32)30-16-14-29(15-17-30)23-12-10-22(28)11-13-23/h5-13H,4,14-18H2,1-3H3. The first-order valence-corrected chi connectivity index (χ1v) is 11.6. The molecule has 0 radical (unpaired) electrons. The lowest BCUT2D eigenvalue weighted by Gasteiger charge is -2.36. The molecule has 0 saturated carbocycles. The van der Waals surface area contributed by atoms with Crippen LogP contribution in [-0.4, -0.2) is 54.1 Å². The van der Waals surface area contributed by atoms with Crippen molar-refractivity contribution in [3.8, 4) is 0 Å². The fourth-order valence-corrected chi connectivity index (χ4v) is 4.61. The van der Waals surface area contributed by atoms with Crippen molar-refractivity contribution < 1.29 is 18.7 Å². The summed E-state index contributed by atoms with van der Waals surface area (Å²) >= 11 is 0. The molecule has 0 unspecified atom stereocenters. The number of piperazine rings is 1. The number of hydrogen-bond acceptors (Lipinski definition) is 4. The molecule has 2 heterocycles. The van der Waals surface area contributed by atoms with E-state index in [4.69, 9.17) is 4.74 Å². The van der Waals surface area contributed by atoms with Gasteiger partial charge in [0.05, 0.1) is 12.2 Å². The molecule has 34 heavy (non-hydrogen) atoms. The van der Waals surface area contributed by atoms with Crippen LogP contribution in [0.5, 0.6) is 0 Å². The normalized spacial score (nSPS) is 13.8. The number of benzene rings is 2. The number of rotatable bonds is 6. The van der Waals surface area contributed by atoms with Gasteiger partial charge in [0.1, 0.15) is 11.5 Å². The number of hydrogen-bond donors (Lipinski definition) is 0. The van der Waals surface area contributed by atoms with Crippen LogP contribution in [0.3, 0.4) is 0 Å². The molecule has 2 aromatic carbocycles. The Bertz CT molecular complexity index is 1160. The van der Waals surface area contributed by atoms with Crippen molar-refractivity contribution in [2.75, 3.05) is 37.7 Å². The quantitative estimate of drug-likeness (QED) is 0.508. The number of ether oxygens (including phenoxy) is 1. The molecule has 0 atom stereocenters. The zero-order valence-corrected chi connectivity index (χ0v) is 19.9. The molecular formula is C27H30FN3O3. The van der Waals surface area contributed by atoms with Gasteiger partial charge in [0.2, 0.25) is 0 Å². The SMILES string of the molecule is CCOC(=O)c1c(C)c(C(=O)N2CCN(c3ccc(F)cc3)CC2)c(C)n1Cc1ccccc1. The third kappa shape index (κ3) is 4.69. The van der Waals surface area contributed by atoms with Crippen LogP contribution in [0.1, 0.15) is 44.6 Å². The molecule has 0 N–H and O–H groups in total. The van der Waals surface area contributed by atoms with Gasteiger partial charge in [0.15, 0.2) is 0 Å². The van der Waals surface area contributed by atoms with E-state index >= 15 is 0 Å². The van der Waals surface area contributed by atoms with Crippen LogP contribution in [0.4, 0.5) is 10.1 Å². The fraction of sp³-hybridized carbons (Fsp3) is 0.333. The van der Waals surface area contributed by atoms with E-state index in [0.29, 0.717) is 49.5 Å². The van der Waals surface area contributed by atoms with Gasteiger partial charge < -0.3 is 19.1 Å². The van der Waals surface area contributed by atoms with Gasteiger partial charge in [0.25, 0.3) is 5.91 Å². The number of nitrogens with zero attached hydrogens (tertiary/aromatic N) is 3. The molecule has 1 aromatic heterocycles. The number of amides is 1. The number of halogens is 1. The molecule has 3 aromatic rings. The molecule has 1 aliphatic heterocycles. The maximum Gasteiger partial charge on any atom is 0.355 e. The van der Waals surface area contributed by atoms with Crippen LogP contribution >= 0.6 is 0 Å². The van der Waals surface area contributed by atoms with E-state index < -0.39 is 5.97 Å². The summed E-state index contributed by atoms with van der Waals surface area (Å²) in [6, 6.07) is 16.3. The van der Waals surface area contributed by atoms with E-state index in [2.05, 4.69) is 4.90 Å². The van der Waals surface area contributed by atoms with Crippen molar-refractivity contribution in [3.63, 3.8) is 0 Å². The van der Waals surface area contributed by atoms with Crippen LogP contribution in [-0.2, 0) is 11.3 Å². The molecule has 1 amide bonds. The summed E-state index contributed by atoms with van der Waals surface area (Å²) in [5, 5.41) is 0. The van der Waals surface area contributed by atoms with Crippen LogP contribution in [0, 0.1) is 19.7 Å². The number of carbonyl (C=O) groups excluding carboxylic acids is 2. The molecule has 1 aliphatic rings. The van der Waals surface area contributed by atoms with Gasteiger partial charge >= 0.3 is 5.97 Å². The van der Waals surface area contributed by atoms with Crippen LogP contribution in [0.2, 0.25) is 0 Å². The first kappa shape index (κ1) is 23.5. The maximum atomic E-state index is 13.6. The Morgan fingerprint density at radius 1 is 0.941 bits per heavy atom. The van der Waals surface area contributed by atoms with Gasteiger partial charge in [-0.3, -0.25) is 4.79 Å². The van der Waals surface area contributed by atoms with E-state index in [0.717, 1.165) is 16.9 Å². The highest BCUT2D eigenvalue weighted by molar-refractivity contribution is 6.01.